The zero-order valence-corrected chi connectivity index (χ0v) is 15.6. The van der Waals surface area contributed by atoms with Crippen molar-refractivity contribution in [2.45, 2.75) is 44.9 Å². The second kappa shape index (κ2) is 6.70. The molecule has 0 atom stereocenters. The van der Waals surface area contributed by atoms with Crippen molar-refractivity contribution >= 4 is 32.1 Å². The van der Waals surface area contributed by atoms with Gasteiger partial charge < -0.3 is 0 Å². The second-order valence-electron chi connectivity index (χ2n) is 6.81. The average molecular weight is 352 g/mol. The number of nitriles is 1. The average Bonchev–Trinajstić information content (AvgIpc) is 3.20. The summed E-state index contributed by atoms with van der Waals surface area (Å²) in [5.74, 6) is 1.71. The molecule has 3 heteroatoms. The Hall–Kier alpha value is -1.63. The maximum atomic E-state index is 8.99. The summed E-state index contributed by atoms with van der Waals surface area (Å²) in [6.45, 7) is 2.32. The minimum Gasteiger partial charge on any atom is -0.192 e. The molecule has 0 aliphatic heterocycles. The largest absolute Gasteiger partial charge is 0.192 e. The molecule has 1 aromatic carbocycles. The fourth-order valence-electron chi connectivity index (χ4n) is 3.86. The van der Waals surface area contributed by atoms with Crippen LogP contribution in [0.4, 0.5) is 0 Å². The van der Waals surface area contributed by atoms with Crippen LogP contribution in [0.1, 0.15) is 55.4 Å². The Balaban J connectivity index is 1.52. The molecule has 2 heterocycles. The number of thiophene rings is 2. The van der Waals surface area contributed by atoms with Crippen molar-refractivity contribution in [3.8, 4) is 16.5 Å². The highest BCUT2D eigenvalue weighted by atomic mass is 32.1. The zero-order chi connectivity index (χ0) is 16.5. The van der Waals surface area contributed by atoms with Crippen molar-refractivity contribution in [3.63, 3.8) is 0 Å². The zero-order valence-electron chi connectivity index (χ0n) is 13.9. The molecule has 0 spiro atoms. The van der Waals surface area contributed by atoms with Gasteiger partial charge in [-0.15, -0.1) is 22.7 Å². The molecular formula is C21H21NS2. The number of nitrogens with zero attached hydrogens (tertiary/aromatic N) is 1. The van der Waals surface area contributed by atoms with Crippen molar-refractivity contribution < 1.29 is 0 Å². The molecule has 122 valence electrons. The lowest BCUT2D eigenvalue weighted by Crippen LogP contribution is -2.12. The highest BCUT2D eigenvalue weighted by Gasteiger charge is 2.21. The molecule has 1 aliphatic rings. The van der Waals surface area contributed by atoms with Crippen molar-refractivity contribution in [3.05, 3.63) is 46.8 Å². The standard InChI is InChI=1S/C21H21NS2/c1-2-14-3-5-15(6-4-14)16-7-9-17(10-8-16)19-12-21-20(24-19)11-18(13-22)23-21/h7-12,14-15H,2-6H2,1H3. The number of hydrogen-bond donors (Lipinski definition) is 0. The summed E-state index contributed by atoms with van der Waals surface area (Å²) < 4.78 is 2.46. The number of fused-ring (bicyclic) bond motifs is 1. The highest BCUT2D eigenvalue weighted by Crippen LogP contribution is 2.40. The summed E-state index contributed by atoms with van der Waals surface area (Å²) in [5, 5.41) is 8.99. The molecule has 2 aromatic heterocycles. The van der Waals surface area contributed by atoms with Crippen LogP contribution in [0.2, 0.25) is 0 Å². The van der Waals surface area contributed by atoms with Crippen molar-refractivity contribution in [1.29, 1.82) is 5.26 Å². The minimum atomic E-state index is 0.756. The van der Waals surface area contributed by atoms with E-state index in [2.05, 4.69) is 43.3 Å². The van der Waals surface area contributed by atoms with Crippen LogP contribution in [0, 0.1) is 17.2 Å². The normalized spacial score (nSPS) is 21.0. The second-order valence-corrected chi connectivity index (χ2v) is 8.98. The Morgan fingerprint density at radius 3 is 2.33 bits per heavy atom. The lowest BCUT2D eigenvalue weighted by atomic mass is 9.78. The van der Waals surface area contributed by atoms with Crippen LogP contribution in [-0.2, 0) is 0 Å². The monoisotopic (exact) mass is 351 g/mol. The van der Waals surface area contributed by atoms with E-state index in [-0.39, 0.29) is 0 Å². The molecule has 1 nitrogen and oxygen atoms in total. The molecule has 0 amide bonds. The van der Waals surface area contributed by atoms with E-state index in [1.54, 1.807) is 22.7 Å². The van der Waals surface area contributed by atoms with E-state index in [0.29, 0.717) is 0 Å². The first-order chi connectivity index (χ1) is 11.8. The van der Waals surface area contributed by atoms with Gasteiger partial charge in [0.05, 0.1) is 0 Å². The predicted octanol–water partition coefficient (Wildman–Crippen LogP) is 7.19. The molecule has 4 rings (SSSR count). The SMILES string of the molecule is CCC1CCC(c2ccc(-c3cc4sc(C#N)cc4s3)cc2)CC1. The van der Waals surface area contributed by atoms with E-state index in [1.807, 2.05) is 6.07 Å². The van der Waals surface area contributed by atoms with Crippen molar-refractivity contribution in [1.82, 2.24) is 0 Å². The van der Waals surface area contributed by atoms with Crippen LogP contribution in [0.3, 0.4) is 0 Å². The third-order valence-corrected chi connectivity index (χ3v) is 7.66. The molecule has 0 unspecified atom stereocenters. The van der Waals surface area contributed by atoms with Gasteiger partial charge in [0.15, 0.2) is 0 Å². The third kappa shape index (κ3) is 3.01. The summed E-state index contributed by atoms with van der Waals surface area (Å²) >= 11 is 3.38. The molecule has 0 bridgehead atoms. The van der Waals surface area contributed by atoms with E-state index in [0.717, 1.165) is 16.7 Å². The minimum absolute atomic E-state index is 0.756. The van der Waals surface area contributed by atoms with E-state index in [1.165, 1.54) is 57.5 Å². The maximum Gasteiger partial charge on any atom is 0.110 e. The van der Waals surface area contributed by atoms with Gasteiger partial charge in [0.2, 0.25) is 0 Å². The molecule has 1 saturated carbocycles. The predicted molar refractivity (Wildman–Crippen MR) is 105 cm³/mol. The van der Waals surface area contributed by atoms with E-state index >= 15 is 0 Å². The van der Waals surface area contributed by atoms with Crippen LogP contribution < -0.4 is 0 Å². The first kappa shape index (κ1) is 15.9. The fourth-order valence-corrected chi connectivity index (χ4v) is 6.06. The number of benzene rings is 1. The summed E-state index contributed by atoms with van der Waals surface area (Å²) in [5.41, 5.74) is 2.81. The van der Waals surface area contributed by atoms with Crippen LogP contribution in [0.5, 0.6) is 0 Å². The Bertz CT molecular complexity index is 839. The Labute approximate surface area is 151 Å². The number of hydrogen-bond acceptors (Lipinski definition) is 3. The van der Waals surface area contributed by atoms with Gasteiger partial charge in [0, 0.05) is 14.3 Å². The van der Waals surface area contributed by atoms with Gasteiger partial charge in [-0.05, 0) is 60.8 Å². The lowest BCUT2D eigenvalue weighted by molar-refractivity contribution is 0.319. The van der Waals surface area contributed by atoms with Gasteiger partial charge >= 0.3 is 0 Å². The maximum absolute atomic E-state index is 8.99. The lowest BCUT2D eigenvalue weighted by Gasteiger charge is -2.28. The van der Waals surface area contributed by atoms with Crippen LogP contribution in [-0.4, -0.2) is 0 Å². The highest BCUT2D eigenvalue weighted by molar-refractivity contribution is 7.29. The van der Waals surface area contributed by atoms with Gasteiger partial charge in [-0.25, -0.2) is 0 Å². The van der Waals surface area contributed by atoms with Crippen LogP contribution in [0.25, 0.3) is 19.8 Å². The van der Waals surface area contributed by atoms with Crippen LogP contribution in [0.15, 0.2) is 36.4 Å². The first-order valence-corrected chi connectivity index (χ1v) is 10.4. The topological polar surface area (TPSA) is 23.8 Å². The first-order valence-electron chi connectivity index (χ1n) is 8.80. The van der Waals surface area contributed by atoms with Gasteiger partial charge in [-0.2, -0.15) is 5.26 Å². The molecular weight excluding hydrogens is 330 g/mol. The summed E-state index contributed by atoms with van der Waals surface area (Å²) in [6, 6.07) is 15.7. The molecule has 0 N–H and O–H groups in total. The van der Waals surface area contributed by atoms with Gasteiger partial charge in [-0.3, -0.25) is 0 Å². The molecule has 1 fully saturated rings. The molecule has 3 aromatic rings. The van der Waals surface area contributed by atoms with Gasteiger partial charge in [-0.1, -0.05) is 37.6 Å². The summed E-state index contributed by atoms with van der Waals surface area (Å²) in [4.78, 5) is 2.11. The third-order valence-electron chi connectivity index (χ3n) is 5.41. The molecule has 0 saturated heterocycles. The Morgan fingerprint density at radius 1 is 1.00 bits per heavy atom. The number of rotatable bonds is 3. The van der Waals surface area contributed by atoms with E-state index < -0.39 is 0 Å². The summed E-state index contributed by atoms with van der Waals surface area (Å²) in [6.07, 6.45) is 6.83. The smallest absolute Gasteiger partial charge is 0.110 e. The molecule has 0 radical (unpaired) electrons. The van der Waals surface area contributed by atoms with Gasteiger partial charge in [0.1, 0.15) is 10.9 Å². The van der Waals surface area contributed by atoms with Crippen molar-refractivity contribution in [2.24, 2.45) is 5.92 Å². The van der Waals surface area contributed by atoms with Crippen LogP contribution >= 0.6 is 22.7 Å². The van der Waals surface area contributed by atoms with E-state index in [4.69, 9.17) is 5.26 Å². The molecule has 24 heavy (non-hydrogen) atoms. The van der Waals surface area contributed by atoms with Gasteiger partial charge in [0.25, 0.3) is 0 Å². The van der Waals surface area contributed by atoms with E-state index in [9.17, 15) is 0 Å². The quantitative estimate of drug-likeness (QED) is 0.490. The summed E-state index contributed by atoms with van der Waals surface area (Å²) in [7, 11) is 0. The Morgan fingerprint density at radius 2 is 1.71 bits per heavy atom. The van der Waals surface area contributed by atoms with Crippen molar-refractivity contribution in [2.75, 3.05) is 0 Å². The fraction of sp³-hybridized carbons (Fsp3) is 0.381. The Kier molecular flexibility index (Phi) is 4.43. The molecule has 1 aliphatic carbocycles.